The number of aromatic hydroxyl groups is 1. The second kappa shape index (κ2) is 11.8. The van der Waals surface area contributed by atoms with Crippen molar-refractivity contribution in [3.8, 4) is 28.7 Å². The molecule has 11 nitrogen and oxygen atoms in total. The molecule has 0 spiro atoms. The third-order valence-electron chi connectivity index (χ3n) is 7.19. The Balaban J connectivity index is 1.39. The van der Waals surface area contributed by atoms with Gasteiger partial charge in [0, 0.05) is 37.9 Å². The van der Waals surface area contributed by atoms with Gasteiger partial charge in [-0.15, -0.1) is 0 Å². The van der Waals surface area contributed by atoms with Gasteiger partial charge < -0.3 is 38.1 Å². The van der Waals surface area contributed by atoms with Crippen LogP contribution in [0.4, 0.5) is 5.69 Å². The van der Waals surface area contributed by atoms with Crippen LogP contribution in [0.2, 0.25) is 0 Å². The van der Waals surface area contributed by atoms with Gasteiger partial charge in [-0.1, -0.05) is 0 Å². The highest BCUT2D eigenvalue weighted by atomic mass is 16.7. The highest BCUT2D eigenvalue weighted by molar-refractivity contribution is 5.72. The quantitative estimate of drug-likeness (QED) is 0.394. The first-order valence-corrected chi connectivity index (χ1v) is 12.9. The first kappa shape index (κ1) is 27.2. The van der Waals surface area contributed by atoms with Crippen LogP contribution in [0, 0.1) is 0 Å². The van der Waals surface area contributed by atoms with Crippen molar-refractivity contribution in [1.29, 1.82) is 0 Å². The summed E-state index contributed by atoms with van der Waals surface area (Å²) in [6, 6.07) is 12.6. The molecule has 11 heteroatoms. The van der Waals surface area contributed by atoms with E-state index in [0.29, 0.717) is 35.1 Å². The molecular weight excluding hydrogens is 520 g/mol. The molecule has 2 aromatic carbocycles. The van der Waals surface area contributed by atoms with Crippen LogP contribution in [0.15, 0.2) is 51.7 Å². The number of fused-ring (bicyclic) bond motifs is 1. The fourth-order valence-electron chi connectivity index (χ4n) is 5.01. The molecule has 1 atom stereocenters. The number of carbonyl (C=O) groups is 1. The summed E-state index contributed by atoms with van der Waals surface area (Å²) in [7, 11) is 4.41. The average Bonchev–Trinajstić information content (AvgIpc) is 3.46. The maximum absolute atomic E-state index is 12.9. The van der Waals surface area contributed by atoms with Gasteiger partial charge in [0.05, 0.1) is 40.2 Å². The normalized spacial score (nSPS) is 15.5. The van der Waals surface area contributed by atoms with Crippen LogP contribution >= 0.6 is 0 Å². The average molecular weight is 553 g/mol. The number of methoxy groups -OCH3 is 3. The summed E-state index contributed by atoms with van der Waals surface area (Å²) >= 11 is 0. The van der Waals surface area contributed by atoms with Crippen molar-refractivity contribution in [2.75, 3.05) is 59.2 Å². The van der Waals surface area contributed by atoms with E-state index in [1.54, 1.807) is 19.2 Å². The van der Waals surface area contributed by atoms with Crippen molar-refractivity contribution in [3.05, 3.63) is 69.8 Å². The van der Waals surface area contributed by atoms with Crippen LogP contribution in [0.1, 0.15) is 29.4 Å². The zero-order chi connectivity index (χ0) is 28.2. The van der Waals surface area contributed by atoms with Gasteiger partial charge >= 0.3 is 5.97 Å². The van der Waals surface area contributed by atoms with E-state index in [1.165, 1.54) is 20.3 Å². The maximum atomic E-state index is 12.9. The lowest BCUT2D eigenvalue weighted by Crippen LogP contribution is -2.46. The van der Waals surface area contributed by atoms with E-state index in [1.807, 2.05) is 24.3 Å². The number of hydrogen-bond acceptors (Lipinski definition) is 11. The van der Waals surface area contributed by atoms with E-state index in [9.17, 15) is 14.7 Å². The third-order valence-corrected chi connectivity index (χ3v) is 7.19. The maximum Gasteiger partial charge on any atom is 0.306 e. The van der Waals surface area contributed by atoms with Crippen molar-refractivity contribution in [2.45, 2.75) is 18.9 Å². The van der Waals surface area contributed by atoms with Crippen LogP contribution in [0.25, 0.3) is 0 Å². The van der Waals surface area contributed by atoms with Gasteiger partial charge in [-0.3, -0.25) is 14.5 Å². The summed E-state index contributed by atoms with van der Waals surface area (Å²) < 4.78 is 32.8. The zero-order valence-electron chi connectivity index (χ0n) is 22.7. The first-order valence-electron chi connectivity index (χ1n) is 12.9. The molecule has 1 fully saturated rings. The van der Waals surface area contributed by atoms with Crippen LogP contribution in [-0.2, 0) is 16.1 Å². The highest BCUT2D eigenvalue weighted by Gasteiger charge is 2.30. The summed E-state index contributed by atoms with van der Waals surface area (Å²) in [5.41, 5.74) is 1.06. The second-order valence-corrected chi connectivity index (χ2v) is 9.54. The molecule has 2 aliphatic rings. The molecule has 3 heterocycles. The predicted octanol–water partition coefficient (Wildman–Crippen LogP) is 3.11. The Bertz CT molecular complexity index is 1410. The van der Waals surface area contributed by atoms with E-state index in [4.69, 9.17) is 28.1 Å². The van der Waals surface area contributed by atoms with E-state index < -0.39 is 23.1 Å². The lowest BCUT2D eigenvalue weighted by Gasteiger charge is -2.36. The molecule has 0 radical (unpaired) electrons. The standard InChI is InChI=1S/C29H32N2O9/c1-35-20-6-4-19(5-7-20)31-10-8-30(9-11-31)16-21-14-23(32)27(34)28(40-21)22(15-26(33)37-3)18-12-24(36-2)29-25(13-18)38-17-39-29/h4-7,12-14,22,34H,8-11,15-17H2,1-3H3. The van der Waals surface area contributed by atoms with Crippen molar-refractivity contribution < 1.29 is 38.0 Å². The number of esters is 1. The number of anilines is 1. The molecule has 1 unspecified atom stereocenters. The lowest BCUT2D eigenvalue weighted by molar-refractivity contribution is -0.140. The molecule has 212 valence electrons. The smallest absolute Gasteiger partial charge is 0.306 e. The molecule has 1 N–H and O–H groups in total. The Morgan fingerprint density at radius 1 is 1.00 bits per heavy atom. The summed E-state index contributed by atoms with van der Waals surface area (Å²) in [4.78, 5) is 29.7. The van der Waals surface area contributed by atoms with Gasteiger partial charge in [0.25, 0.3) is 0 Å². The number of piperazine rings is 1. The number of nitrogens with zero attached hydrogens (tertiary/aromatic N) is 2. The Labute approximate surface area is 231 Å². The van der Waals surface area contributed by atoms with Crippen LogP contribution in [0.5, 0.6) is 28.7 Å². The van der Waals surface area contributed by atoms with E-state index >= 15 is 0 Å². The largest absolute Gasteiger partial charge is 0.502 e. The van der Waals surface area contributed by atoms with Crippen molar-refractivity contribution in [1.82, 2.24) is 4.90 Å². The van der Waals surface area contributed by atoms with E-state index in [-0.39, 0.29) is 19.0 Å². The molecule has 0 saturated carbocycles. The van der Waals surface area contributed by atoms with E-state index in [2.05, 4.69) is 9.80 Å². The van der Waals surface area contributed by atoms with E-state index in [0.717, 1.165) is 37.6 Å². The Morgan fingerprint density at radius 2 is 1.75 bits per heavy atom. The minimum absolute atomic E-state index is 0.0225. The van der Waals surface area contributed by atoms with Gasteiger partial charge in [-0.25, -0.2) is 0 Å². The molecule has 1 aromatic heterocycles. The van der Waals surface area contributed by atoms with Crippen molar-refractivity contribution in [3.63, 3.8) is 0 Å². The highest BCUT2D eigenvalue weighted by Crippen LogP contribution is 2.45. The molecule has 1 saturated heterocycles. The Kier molecular flexibility index (Phi) is 8.01. The fourth-order valence-corrected chi connectivity index (χ4v) is 5.01. The Morgan fingerprint density at radius 3 is 2.42 bits per heavy atom. The Hall–Kier alpha value is -4.38. The first-order chi connectivity index (χ1) is 19.4. The lowest BCUT2D eigenvalue weighted by atomic mass is 9.91. The van der Waals surface area contributed by atoms with Gasteiger partial charge in [-0.05, 0) is 42.0 Å². The minimum Gasteiger partial charge on any atom is -0.502 e. The monoisotopic (exact) mass is 552 g/mol. The van der Waals surface area contributed by atoms with Gasteiger partial charge in [-0.2, -0.15) is 0 Å². The number of carbonyl (C=O) groups excluding carboxylic acids is 1. The van der Waals surface area contributed by atoms with Gasteiger partial charge in [0.15, 0.2) is 17.3 Å². The number of hydrogen-bond donors (Lipinski definition) is 1. The van der Waals surface area contributed by atoms with Crippen LogP contribution < -0.4 is 29.3 Å². The molecule has 3 aromatic rings. The van der Waals surface area contributed by atoms with Crippen molar-refractivity contribution >= 4 is 11.7 Å². The minimum atomic E-state index is -0.838. The molecule has 0 aliphatic carbocycles. The molecule has 0 bridgehead atoms. The SMILES string of the molecule is COC(=O)CC(c1cc(OC)c2c(c1)OCO2)c1oc(CN2CCN(c3ccc(OC)cc3)CC2)cc(=O)c1O. The molecule has 5 rings (SSSR count). The summed E-state index contributed by atoms with van der Waals surface area (Å²) in [5, 5.41) is 10.8. The zero-order valence-corrected chi connectivity index (χ0v) is 22.7. The van der Waals surface area contributed by atoms with Crippen LogP contribution in [0.3, 0.4) is 0 Å². The summed E-state index contributed by atoms with van der Waals surface area (Å²) in [6.45, 7) is 3.48. The number of rotatable bonds is 9. The third kappa shape index (κ3) is 5.64. The molecule has 0 amide bonds. The van der Waals surface area contributed by atoms with Gasteiger partial charge in [0.2, 0.25) is 23.7 Å². The second-order valence-electron chi connectivity index (χ2n) is 9.54. The summed E-state index contributed by atoms with van der Waals surface area (Å²) in [5.74, 6) is 0.507. The predicted molar refractivity (Wildman–Crippen MR) is 145 cm³/mol. The number of benzene rings is 2. The topological polar surface area (TPSA) is 120 Å². The number of ether oxygens (including phenoxy) is 5. The fraction of sp³-hybridized carbons (Fsp3) is 0.379. The summed E-state index contributed by atoms with van der Waals surface area (Å²) in [6.07, 6.45) is -0.181. The van der Waals surface area contributed by atoms with Crippen molar-refractivity contribution in [2.24, 2.45) is 0 Å². The van der Waals surface area contributed by atoms with Crippen LogP contribution in [-0.4, -0.2) is 70.3 Å². The molecular formula is C29H32N2O9. The molecule has 2 aliphatic heterocycles. The van der Waals surface area contributed by atoms with Gasteiger partial charge in [0.1, 0.15) is 11.5 Å². The molecule has 40 heavy (non-hydrogen) atoms.